The first-order valence-electron chi connectivity index (χ1n) is 13.1. The lowest BCUT2D eigenvalue weighted by atomic mass is 10.1. The van der Waals surface area contributed by atoms with Gasteiger partial charge in [0.1, 0.15) is 18.3 Å². The molecule has 220 valence electrons. The van der Waals surface area contributed by atoms with E-state index in [-0.39, 0.29) is 29.1 Å². The van der Waals surface area contributed by atoms with Crippen molar-refractivity contribution in [1.82, 2.24) is 10.2 Å². The van der Waals surface area contributed by atoms with Crippen LogP contribution in [0.4, 0.5) is 5.69 Å². The molecule has 0 radical (unpaired) electrons. The topological polar surface area (TPSA) is 96.0 Å². The third kappa shape index (κ3) is 8.15. The summed E-state index contributed by atoms with van der Waals surface area (Å²) in [5.41, 5.74) is 1.72. The number of methoxy groups -OCH3 is 1. The number of anilines is 1. The number of sulfonamides is 1. The van der Waals surface area contributed by atoms with E-state index in [0.29, 0.717) is 27.8 Å². The summed E-state index contributed by atoms with van der Waals surface area (Å²) in [6, 6.07) is 16.6. The summed E-state index contributed by atoms with van der Waals surface area (Å²) >= 11 is 12.5. The fourth-order valence-corrected chi connectivity index (χ4v) is 5.88. The SMILES string of the molecule is CCC(C)NC(=O)C(C)N(Cc1ccc(Cl)cc1Cl)C(=O)CN(c1ccc(OC)cc1)S(=O)(=O)c1ccc(C)cc1. The molecule has 0 aliphatic heterocycles. The van der Waals surface area contributed by atoms with Crippen LogP contribution in [0.2, 0.25) is 10.0 Å². The number of ether oxygens (including phenoxy) is 1. The maximum atomic E-state index is 14.0. The van der Waals surface area contributed by atoms with Crippen LogP contribution >= 0.6 is 23.2 Å². The highest BCUT2D eigenvalue weighted by Gasteiger charge is 2.33. The van der Waals surface area contributed by atoms with E-state index in [2.05, 4.69) is 5.32 Å². The Labute approximate surface area is 252 Å². The molecule has 0 heterocycles. The quantitative estimate of drug-likeness (QED) is 0.275. The number of rotatable bonds is 12. The maximum absolute atomic E-state index is 14.0. The van der Waals surface area contributed by atoms with Gasteiger partial charge < -0.3 is 15.0 Å². The van der Waals surface area contributed by atoms with Crippen LogP contribution in [0.15, 0.2) is 71.6 Å². The lowest BCUT2D eigenvalue weighted by Crippen LogP contribution is -2.52. The van der Waals surface area contributed by atoms with Gasteiger partial charge in [0.2, 0.25) is 11.8 Å². The van der Waals surface area contributed by atoms with Crippen molar-refractivity contribution in [3.05, 3.63) is 87.9 Å². The summed E-state index contributed by atoms with van der Waals surface area (Å²) in [5.74, 6) is -0.424. The third-order valence-electron chi connectivity index (χ3n) is 6.77. The fraction of sp³-hybridized carbons (Fsp3) is 0.333. The Balaban J connectivity index is 2.05. The normalized spacial score (nSPS) is 12.8. The molecule has 8 nitrogen and oxygen atoms in total. The molecule has 3 aromatic carbocycles. The van der Waals surface area contributed by atoms with Crippen molar-refractivity contribution in [3.8, 4) is 5.75 Å². The highest BCUT2D eigenvalue weighted by atomic mass is 35.5. The number of carbonyl (C=O) groups excluding carboxylic acids is 2. The number of amides is 2. The lowest BCUT2D eigenvalue weighted by molar-refractivity contribution is -0.139. The van der Waals surface area contributed by atoms with E-state index in [0.717, 1.165) is 9.87 Å². The molecule has 0 aromatic heterocycles. The Kier molecular flexibility index (Phi) is 11.1. The summed E-state index contributed by atoms with van der Waals surface area (Å²) in [6.07, 6.45) is 0.704. The predicted octanol–water partition coefficient (Wildman–Crippen LogP) is 5.84. The van der Waals surface area contributed by atoms with Gasteiger partial charge in [-0.25, -0.2) is 8.42 Å². The Bertz CT molecular complexity index is 1460. The van der Waals surface area contributed by atoms with Gasteiger partial charge >= 0.3 is 0 Å². The number of hydrogen-bond donors (Lipinski definition) is 1. The molecule has 0 aliphatic carbocycles. The van der Waals surface area contributed by atoms with Gasteiger partial charge in [-0.1, -0.05) is 53.9 Å². The van der Waals surface area contributed by atoms with Crippen LogP contribution in [-0.2, 0) is 26.2 Å². The standard InChI is InChI=1S/C30H35Cl2N3O5S/c1-6-21(3)33-30(37)22(4)34(18-23-9-10-24(31)17-28(23)32)29(36)19-35(25-11-13-26(40-5)14-12-25)41(38,39)27-15-7-20(2)8-16-27/h7-17,21-22H,6,18-19H2,1-5H3,(H,33,37). The third-order valence-corrected chi connectivity index (χ3v) is 9.15. The Morgan fingerprint density at radius 3 is 2.17 bits per heavy atom. The Hall–Kier alpha value is -3.27. The van der Waals surface area contributed by atoms with Gasteiger partial charge in [-0.2, -0.15) is 0 Å². The van der Waals surface area contributed by atoms with E-state index in [1.807, 2.05) is 20.8 Å². The number of nitrogens with one attached hydrogen (secondary N) is 1. The summed E-state index contributed by atoms with van der Waals surface area (Å²) < 4.78 is 34.1. The highest BCUT2D eigenvalue weighted by molar-refractivity contribution is 7.92. The first-order chi connectivity index (χ1) is 19.4. The van der Waals surface area contributed by atoms with Crippen molar-refractivity contribution in [2.45, 2.75) is 57.6 Å². The van der Waals surface area contributed by atoms with E-state index in [1.54, 1.807) is 61.5 Å². The second-order valence-corrected chi connectivity index (χ2v) is 12.5. The molecule has 11 heteroatoms. The van der Waals surface area contributed by atoms with Crippen molar-refractivity contribution >= 4 is 50.7 Å². The molecule has 0 aliphatic rings. The molecule has 3 aromatic rings. The molecule has 0 fully saturated rings. The molecule has 41 heavy (non-hydrogen) atoms. The lowest BCUT2D eigenvalue weighted by Gasteiger charge is -2.32. The summed E-state index contributed by atoms with van der Waals surface area (Å²) in [5, 5.41) is 3.65. The molecule has 0 saturated carbocycles. The maximum Gasteiger partial charge on any atom is 0.264 e. The second-order valence-electron chi connectivity index (χ2n) is 9.77. The van der Waals surface area contributed by atoms with Crippen molar-refractivity contribution in [1.29, 1.82) is 0 Å². The molecular weight excluding hydrogens is 585 g/mol. The minimum atomic E-state index is -4.17. The molecule has 2 unspecified atom stereocenters. The summed E-state index contributed by atoms with van der Waals surface area (Å²) in [6.45, 7) is 6.67. The Morgan fingerprint density at radius 2 is 1.61 bits per heavy atom. The summed E-state index contributed by atoms with van der Waals surface area (Å²) in [4.78, 5) is 28.5. The molecular formula is C30H35Cl2N3O5S. The smallest absolute Gasteiger partial charge is 0.264 e. The van der Waals surface area contributed by atoms with Crippen LogP contribution < -0.4 is 14.4 Å². The van der Waals surface area contributed by atoms with Crippen LogP contribution in [0.3, 0.4) is 0 Å². The first-order valence-corrected chi connectivity index (χ1v) is 15.3. The van der Waals surface area contributed by atoms with E-state index >= 15 is 0 Å². The number of carbonyl (C=O) groups is 2. The fourth-order valence-electron chi connectivity index (χ4n) is 4.00. The minimum Gasteiger partial charge on any atom is -0.497 e. The predicted molar refractivity (Wildman–Crippen MR) is 163 cm³/mol. The average Bonchev–Trinajstić information content (AvgIpc) is 2.95. The van der Waals surface area contributed by atoms with Crippen LogP contribution in [0.1, 0.15) is 38.3 Å². The van der Waals surface area contributed by atoms with Gasteiger partial charge in [0.05, 0.1) is 17.7 Å². The van der Waals surface area contributed by atoms with E-state index in [4.69, 9.17) is 27.9 Å². The largest absolute Gasteiger partial charge is 0.497 e. The van der Waals surface area contributed by atoms with Gasteiger partial charge in [-0.05, 0) is 81.3 Å². The molecule has 2 amide bonds. The van der Waals surface area contributed by atoms with E-state index < -0.39 is 28.5 Å². The van der Waals surface area contributed by atoms with Gasteiger partial charge in [0.15, 0.2) is 0 Å². The zero-order valence-electron chi connectivity index (χ0n) is 23.7. The van der Waals surface area contributed by atoms with Crippen LogP contribution in [0.25, 0.3) is 0 Å². The van der Waals surface area contributed by atoms with Crippen LogP contribution in [0.5, 0.6) is 5.75 Å². The molecule has 0 bridgehead atoms. The van der Waals surface area contributed by atoms with Gasteiger partial charge in [-0.3, -0.25) is 13.9 Å². The first kappa shape index (κ1) is 32.2. The molecule has 0 saturated heterocycles. The van der Waals surface area contributed by atoms with Crippen LogP contribution in [0, 0.1) is 6.92 Å². The van der Waals surface area contributed by atoms with Gasteiger partial charge in [0.25, 0.3) is 10.0 Å². The Morgan fingerprint density at radius 1 is 0.976 bits per heavy atom. The van der Waals surface area contributed by atoms with Crippen molar-refractivity contribution in [3.63, 3.8) is 0 Å². The molecule has 0 spiro atoms. The minimum absolute atomic E-state index is 0.0292. The van der Waals surface area contributed by atoms with Crippen LogP contribution in [-0.4, -0.2) is 50.9 Å². The van der Waals surface area contributed by atoms with Crippen molar-refractivity contribution in [2.24, 2.45) is 0 Å². The van der Waals surface area contributed by atoms with Crippen molar-refractivity contribution < 1.29 is 22.7 Å². The van der Waals surface area contributed by atoms with Crippen molar-refractivity contribution in [2.75, 3.05) is 18.0 Å². The molecule has 3 rings (SSSR count). The second kappa shape index (κ2) is 14.1. The monoisotopic (exact) mass is 619 g/mol. The highest BCUT2D eigenvalue weighted by Crippen LogP contribution is 2.28. The van der Waals surface area contributed by atoms with E-state index in [1.165, 1.54) is 24.1 Å². The molecule has 1 N–H and O–H groups in total. The number of aryl methyl sites for hydroxylation is 1. The zero-order valence-corrected chi connectivity index (χ0v) is 26.1. The van der Waals surface area contributed by atoms with Gasteiger partial charge in [0, 0.05) is 22.6 Å². The zero-order chi connectivity index (χ0) is 30.3. The number of halogens is 2. The molecule has 2 atom stereocenters. The number of benzene rings is 3. The number of hydrogen-bond acceptors (Lipinski definition) is 5. The van der Waals surface area contributed by atoms with E-state index in [9.17, 15) is 18.0 Å². The number of nitrogens with zero attached hydrogens (tertiary/aromatic N) is 2. The van der Waals surface area contributed by atoms with Gasteiger partial charge in [-0.15, -0.1) is 0 Å². The average molecular weight is 621 g/mol. The summed E-state index contributed by atoms with van der Waals surface area (Å²) in [7, 11) is -2.67.